The number of benzene rings is 2. The number of carbonyl (C=O) groups is 3. The lowest BCUT2D eigenvalue weighted by atomic mass is 10.1. The topological polar surface area (TPSA) is 104 Å². The summed E-state index contributed by atoms with van der Waals surface area (Å²) in [5.41, 5.74) is 1.02. The van der Waals surface area contributed by atoms with Gasteiger partial charge in [0.05, 0.1) is 5.56 Å². The van der Waals surface area contributed by atoms with Gasteiger partial charge in [0.1, 0.15) is 17.5 Å². The third-order valence-electron chi connectivity index (χ3n) is 5.19. The Hall–Kier alpha value is -3.20. The first-order valence-corrected chi connectivity index (χ1v) is 11.5. The maximum atomic E-state index is 13.1. The zero-order valence-electron chi connectivity index (χ0n) is 17.4. The van der Waals surface area contributed by atoms with E-state index in [2.05, 4.69) is 5.32 Å². The Morgan fingerprint density at radius 2 is 1.71 bits per heavy atom. The van der Waals surface area contributed by atoms with Gasteiger partial charge in [0.2, 0.25) is 11.8 Å². The molecule has 1 aliphatic heterocycles. The van der Waals surface area contributed by atoms with Crippen molar-refractivity contribution in [2.24, 2.45) is 0 Å². The van der Waals surface area contributed by atoms with Gasteiger partial charge in [0, 0.05) is 13.1 Å². The second-order valence-corrected chi connectivity index (χ2v) is 9.04. The molecule has 1 atom stereocenters. The Morgan fingerprint density at radius 3 is 2.35 bits per heavy atom. The normalized spacial score (nSPS) is 15.3. The molecule has 0 radical (unpaired) electrons. The minimum atomic E-state index is -4.11. The summed E-state index contributed by atoms with van der Waals surface area (Å²) in [6.45, 7) is 3.30. The Balaban J connectivity index is 1.82. The number of fused-ring (bicyclic) bond motifs is 1. The third-order valence-corrected chi connectivity index (χ3v) is 6.98. The summed E-state index contributed by atoms with van der Waals surface area (Å²) < 4.78 is 26.2. The van der Waals surface area contributed by atoms with Gasteiger partial charge in [-0.1, -0.05) is 42.5 Å². The molecule has 2 aromatic carbocycles. The second-order valence-electron chi connectivity index (χ2n) is 7.21. The molecule has 3 rings (SSSR count). The van der Waals surface area contributed by atoms with Crippen molar-refractivity contribution in [3.05, 3.63) is 65.7 Å². The van der Waals surface area contributed by atoms with Crippen molar-refractivity contribution in [2.75, 3.05) is 19.6 Å². The Bertz CT molecular complexity index is 1090. The van der Waals surface area contributed by atoms with E-state index in [9.17, 15) is 22.8 Å². The average molecular weight is 444 g/mol. The van der Waals surface area contributed by atoms with Crippen LogP contribution in [0.2, 0.25) is 0 Å². The summed E-state index contributed by atoms with van der Waals surface area (Å²) in [6.07, 6.45) is 0.483. The summed E-state index contributed by atoms with van der Waals surface area (Å²) >= 11 is 0. The first kappa shape index (κ1) is 22.5. The van der Waals surface area contributed by atoms with Crippen LogP contribution in [0.15, 0.2) is 59.5 Å². The van der Waals surface area contributed by atoms with Gasteiger partial charge in [-0.15, -0.1) is 0 Å². The molecular weight excluding hydrogens is 418 g/mol. The van der Waals surface area contributed by atoms with E-state index in [4.69, 9.17) is 0 Å². The molecule has 0 saturated carbocycles. The molecule has 0 bridgehead atoms. The zero-order chi connectivity index (χ0) is 22.6. The van der Waals surface area contributed by atoms with Crippen molar-refractivity contribution in [1.29, 1.82) is 0 Å². The molecule has 164 valence electrons. The number of hydrogen-bond acceptors (Lipinski definition) is 5. The molecule has 1 unspecified atom stereocenters. The fourth-order valence-corrected chi connectivity index (χ4v) is 5.01. The van der Waals surface area contributed by atoms with Gasteiger partial charge in [0.15, 0.2) is 0 Å². The minimum Gasteiger partial charge on any atom is -0.355 e. The van der Waals surface area contributed by atoms with Crippen molar-refractivity contribution in [3.8, 4) is 0 Å². The molecule has 3 amide bonds. The van der Waals surface area contributed by atoms with Crippen LogP contribution < -0.4 is 5.32 Å². The van der Waals surface area contributed by atoms with Gasteiger partial charge in [-0.25, -0.2) is 12.7 Å². The summed E-state index contributed by atoms with van der Waals surface area (Å²) in [6, 6.07) is 14.5. The standard InChI is InChI=1S/C22H25N3O5S/c1-3-23-21(27)16(2)24(14-13-17-9-5-4-6-10-17)20(26)15-25-22(28)18-11-7-8-12-19(18)31(25,29)30/h4-12,16H,3,13-15H2,1-2H3,(H,23,27). The summed E-state index contributed by atoms with van der Waals surface area (Å²) in [5, 5.41) is 2.68. The molecule has 0 aliphatic carbocycles. The SMILES string of the molecule is CCNC(=O)C(C)N(CCc1ccccc1)C(=O)CN1C(=O)c2ccccc2S1(=O)=O. The van der Waals surface area contributed by atoms with Crippen LogP contribution in [0.1, 0.15) is 29.8 Å². The highest BCUT2D eigenvalue weighted by atomic mass is 32.2. The molecule has 8 nitrogen and oxygen atoms in total. The molecule has 9 heteroatoms. The molecule has 0 spiro atoms. The van der Waals surface area contributed by atoms with E-state index < -0.39 is 34.4 Å². The molecule has 0 saturated heterocycles. The summed E-state index contributed by atoms with van der Waals surface area (Å²) in [4.78, 5) is 39.4. The van der Waals surface area contributed by atoms with E-state index in [1.54, 1.807) is 19.9 Å². The Labute approximate surface area is 181 Å². The van der Waals surface area contributed by atoms with Crippen molar-refractivity contribution in [2.45, 2.75) is 31.2 Å². The number of likely N-dealkylation sites (N-methyl/N-ethyl adjacent to an activating group) is 1. The van der Waals surface area contributed by atoms with E-state index in [0.29, 0.717) is 17.3 Å². The smallest absolute Gasteiger partial charge is 0.269 e. The zero-order valence-corrected chi connectivity index (χ0v) is 18.3. The van der Waals surface area contributed by atoms with Gasteiger partial charge >= 0.3 is 0 Å². The number of carbonyl (C=O) groups excluding carboxylic acids is 3. The molecular formula is C22H25N3O5S. The first-order valence-electron chi connectivity index (χ1n) is 10.0. The van der Waals surface area contributed by atoms with Crippen molar-refractivity contribution < 1.29 is 22.8 Å². The van der Waals surface area contributed by atoms with Gasteiger partial charge in [-0.3, -0.25) is 14.4 Å². The van der Waals surface area contributed by atoms with Gasteiger partial charge < -0.3 is 10.2 Å². The van der Waals surface area contributed by atoms with Crippen molar-refractivity contribution in [1.82, 2.24) is 14.5 Å². The maximum absolute atomic E-state index is 13.1. The largest absolute Gasteiger partial charge is 0.355 e. The molecule has 1 N–H and O–H groups in total. The van der Waals surface area contributed by atoms with Crippen LogP contribution in [0.3, 0.4) is 0 Å². The lowest BCUT2D eigenvalue weighted by Gasteiger charge is -2.30. The molecule has 0 fully saturated rings. The molecule has 1 heterocycles. The van der Waals surface area contributed by atoms with E-state index in [1.807, 2.05) is 30.3 Å². The average Bonchev–Trinajstić information content (AvgIpc) is 2.95. The number of nitrogens with one attached hydrogen (secondary N) is 1. The van der Waals surface area contributed by atoms with Crippen LogP contribution in [-0.2, 0) is 26.0 Å². The molecule has 0 aromatic heterocycles. The maximum Gasteiger partial charge on any atom is 0.269 e. The van der Waals surface area contributed by atoms with Crippen LogP contribution in [0.5, 0.6) is 0 Å². The van der Waals surface area contributed by atoms with Gasteiger partial charge in [-0.05, 0) is 38.0 Å². The first-order chi connectivity index (χ1) is 14.8. The van der Waals surface area contributed by atoms with Gasteiger partial charge in [0.25, 0.3) is 15.9 Å². The highest BCUT2D eigenvalue weighted by Gasteiger charge is 2.42. The lowest BCUT2D eigenvalue weighted by Crippen LogP contribution is -2.52. The number of sulfonamides is 1. The minimum absolute atomic E-state index is 0.0444. The van der Waals surface area contributed by atoms with E-state index in [0.717, 1.165) is 5.56 Å². The number of hydrogen-bond donors (Lipinski definition) is 1. The highest BCUT2D eigenvalue weighted by molar-refractivity contribution is 7.90. The van der Waals surface area contributed by atoms with Crippen molar-refractivity contribution >= 4 is 27.7 Å². The Kier molecular flexibility index (Phi) is 6.74. The van der Waals surface area contributed by atoms with E-state index >= 15 is 0 Å². The lowest BCUT2D eigenvalue weighted by molar-refractivity contribution is -0.139. The van der Waals surface area contributed by atoms with Gasteiger partial charge in [-0.2, -0.15) is 0 Å². The van der Waals surface area contributed by atoms with Crippen LogP contribution in [0.4, 0.5) is 0 Å². The van der Waals surface area contributed by atoms with Crippen LogP contribution in [0, 0.1) is 0 Å². The third kappa shape index (κ3) is 4.61. The van der Waals surface area contributed by atoms with E-state index in [1.165, 1.54) is 23.1 Å². The second kappa shape index (κ2) is 9.30. The quantitative estimate of drug-likeness (QED) is 0.665. The molecule has 2 aromatic rings. The monoisotopic (exact) mass is 443 g/mol. The predicted octanol–water partition coefficient (Wildman–Crippen LogP) is 1.43. The van der Waals surface area contributed by atoms with Crippen LogP contribution in [-0.4, -0.2) is 61.0 Å². The van der Waals surface area contributed by atoms with Crippen LogP contribution in [0.25, 0.3) is 0 Å². The molecule has 1 aliphatic rings. The fourth-order valence-electron chi connectivity index (χ4n) is 3.49. The number of rotatable bonds is 8. The van der Waals surface area contributed by atoms with E-state index in [-0.39, 0.29) is 22.9 Å². The Morgan fingerprint density at radius 1 is 1.06 bits per heavy atom. The predicted molar refractivity (Wildman–Crippen MR) is 115 cm³/mol. The fraction of sp³-hybridized carbons (Fsp3) is 0.318. The molecule has 31 heavy (non-hydrogen) atoms. The van der Waals surface area contributed by atoms with Crippen LogP contribution >= 0.6 is 0 Å². The number of amides is 3. The number of nitrogens with zero attached hydrogens (tertiary/aromatic N) is 2. The van der Waals surface area contributed by atoms with Crippen molar-refractivity contribution in [3.63, 3.8) is 0 Å². The summed E-state index contributed by atoms with van der Waals surface area (Å²) in [5.74, 6) is -1.69. The highest BCUT2D eigenvalue weighted by Crippen LogP contribution is 2.29. The summed E-state index contributed by atoms with van der Waals surface area (Å²) in [7, 11) is -4.11.